The van der Waals surface area contributed by atoms with Crippen LogP contribution < -0.4 is 11.1 Å². The third kappa shape index (κ3) is 3.92. The first kappa shape index (κ1) is 13.8. The van der Waals surface area contributed by atoms with Crippen LogP contribution in [0.5, 0.6) is 0 Å². The van der Waals surface area contributed by atoms with Crippen LogP contribution >= 0.6 is 11.6 Å². The lowest BCUT2D eigenvalue weighted by Crippen LogP contribution is -2.30. The summed E-state index contributed by atoms with van der Waals surface area (Å²) in [5.74, 6) is 0.556. The van der Waals surface area contributed by atoms with Crippen LogP contribution in [0.2, 0.25) is 5.02 Å². The molecule has 17 heavy (non-hydrogen) atoms. The van der Waals surface area contributed by atoms with Crippen LogP contribution in [-0.4, -0.2) is 12.6 Å². The summed E-state index contributed by atoms with van der Waals surface area (Å²) >= 11 is 5.97. The fourth-order valence-electron chi connectivity index (χ4n) is 1.76. The lowest BCUT2D eigenvalue weighted by atomic mass is 10.0. The molecule has 0 aliphatic carbocycles. The van der Waals surface area contributed by atoms with E-state index < -0.39 is 0 Å². The third-order valence-electron chi connectivity index (χ3n) is 2.53. The molecule has 0 spiro atoms. The van der Waals surface area contributed by atoms with Gasteiger partial charge in [-0.3, -0.25) is 0 Å². The Hall–Kier alpha value is -1.24. The van der Waals surface area contributed by atoms with Gasteiger partial charge in [-0.15, -0.1) is 0 Å². The second kappa shape index (κ2) is 6.48. The monoisotopic (exact) mass is 251 g/mol. The molecule has 1 atom stereocenters. The lowest BCUT2D eigenvalue weighted by molar-refractivity contribution is 0.522. The summed E-state index contributed by atoms with van der Waals surface area (Å²) in [5.41, 5.74) is 6.96. The molecule has 0 saturated heterocycles. The molecule has 0 bridgehead atoms. The average Bonchev–Trinajstić information content (AvgIpc) is 2.28. The molecule has 0 saturated carbocycles. The molecular formula is C13H18ClN3. The number of nitrogens with two attached hydrogens (primary N) is 1. The summed E-state index contributed by atoms with van der Waals surface area (Å²) in [6.45, 7) is 4.83. The van der Waals surface area contributed by atoms with Crippen molar-refractivity contribution in [2.24, 2.45) is 11.7 Å². The predicted molar refractivity (Wildman–Crippen MR) is 72.1 cm³/mol. The SMILES string of the molecule is CC(C)CC(CN)Nc1cccc(Cl)c1C#N. The van der Waals surface area contributed by atoms with Gasteiger partial charge >= 0.3 is 0 Å². The number of nitriles is 1. The van der Waals surface area contributed by atoms with Crippen LogP contribution in [0.25, 0.3) is 0 Å². The van der Waals surface area contributed by atoms with E-state index in [1.807, 2.05) is 12.1 Å². The molecule has 1 unspecified atom stereocenters. The number of rotatable bonds is 5. The van der Waals surface area contributed by atoms with Crippen molar-refractivity contribution in [1.82, 2.24) is 0 Å². The smallest absolute Gasteiger partial charge is 0.103 e. The van der Waals surface area contributed by atoms with Gasteiger partial charge in [0.1, 0.15) is 6.07 Å². The van der Waals surface area contributed by atoms with Gasteiger partial charge in [0.2, 0.25) is 0 Å². The molecule has 1 aromatic rings. The molecule has 0 amide bonds. The Balaban J connectivity index is 2.87. The molecule has 1 aromatic carbocycles. The summed E-state index contributed by atoms with van der Waals surface area (Å²) in [5, 5.41) is 12.8. The van der Waals surface area contributed by atoms with Gasteiger partial charge in [-0.2, -0.15) is 5.26 Å². The zero-order chi connectivity index (χ0) is 12.8. The summed E-state index contributed by atoms with van der Waals surface area (Å²) in [6.07, 6.45) is 0.966. The topological polar surface area (TPSA) is 61.8 Å². The normalized spacial score (nSPS) is 12.2. The first-order valence-corrected chi connectivity index (χ1v) is 6.11. The summed E-state index contributed by atoms with van der Waals surface area (Å²) in [7, 11) is 0. The number of benzene rings is 1. The van der Waals surface area contributed by atoms with Crippen molar-refractivity contribution in [3.63, 3.8) is 0 Å². The van der Waals surface area contributed by atoms with Crippen molar-refractivity contribution in [1.29, 1.82) is 5.26 Å². The van der Waals surface area contributed by atoms with E-state index in [0.29, 0.717) is 23.0 Å². The van der Waals surface area contributed by atoms with Crippen LogP contribution in [0, 0.1) is 17.2 Å². The Morgan fingerprint density at radius 1 is 1.47 bits per heavy atom. The van der Waals surface area contributed by atoms with Crippen LogP contribution in [0.4, 0.5) is 5.69 Å². The van der Waals surface area contributed by atoms with Gasteiger partial charge < -0.3 is 11.1 Å². The number of hydrogen-bond donors (Lipinski definition) is 2. The number of anilines is 1. The van der Waals surface area contributed by atoms with E-state index >= 15 is 0 Å². The molecule has 0 aliphatic heterocycles. The fraction of sp³-hybridized carbons (Fsp3) is 0.462. The first-order chi connectivity index (χ1) is 8.08. The molecule has 3 N–H and O–H groups in total. The summed E-state index contributed by atoms with van der Waals surface area (Å²) < 4.78 is 0. The lowest BCUT2D eigenvalue weighted by Gasteiger charge is -2.20. The minimum absolute atomic E-state index is 0.167. The van der Waals surface area contributed by atoms with Crippen LogP contribution in [0.15, 0.2) is 18.2 Å². The molecule has 92 valence electrons. The summed E-state index contributed by atoms with van der Waals surface area (Å²) in [6, 6.07) is 7.67. The molecule has 0 heterocycles. The molecule has 0 fully saturated rings. The van der Waals surface area contributed by atoms with E-state index in [-0.39, 0.29) is 6.04 Å². The van der Waals surface area contributed by atoms with Crippen molar-refractivity contribution in [2.75, 3.05) is 11.9 Å². The van der Waals surface area contributed by atoms with E-state index in [1.54, 1.807) is 6.07 Å². The maximum absolute atomic E-state index is 9.06. The molecule has 1 rings (SSSR count). The van der Waals surface area contributed by atoms with Crippen molar-refractivity contribution in [2.45, 2.75) is 26.3 Å². The molecule has 0 aromatic heterocycles. The number of hydrogen-bond acceptors (Lipinski definition) is 3. The van der Waals surface area contributed by atoms with Crippen molar-refractivity contribution < 1.29 is 0 Å². The van der Waals surface area contributed by atoms with Gasteiger partial charge in [0.25, 0.3) is 0 Å². The zero-order valence-electron chi connectivity index (χ0n) is 10.2. The van der Waals surface area contributed by atoms with Gasteiger partial charge in [-0.1, -0.05) is 31.5 Å². The van der Waals surface area contributed by atoms with E-state index in [9.17, 15) is 0 Å². The highest BCUT2D eigenvalue weighted by molar-refractivity contribution is 6.32. The molecule has 3 nitrogen and oxygen atoms in total. The Morgan fingerprint density at radius 2 is 2.18 bits per heavy atom. The molecule has 0 aliphatic rings. The van der Waals surface area contributed by atoms with Crippen molar-refractivity contribution in [3.8, 4) is 6.07 Å². The maximum atomic E-state index is 9.06. The molecular weight excluding hydrogens is 234 g/mol. The highest BCUT2D eigenvalue weighted by Gasteiger charge is 2.12. The van der Waals surface area contributed by atoms with E-state index in [0.717, 1.165) is 12.1 Å². The molecule has 0 radical (unpaired) electrons. The van der Waals surface area contributed by atoms with Crippen molar-refractivity contribution >= 4 is 17.3 Å². The first-order valence-electron chi connectivity index (χ1n) is 5.73. The van der Waals surface area contributed by atoms with Gasteiger partial charge in [-0.25, -0.2) is 0 Å². The van der Waals surface area contributed by atoms with Crippen LogP contribution in [0.1, 0.15) is 25.8 Å². The minimum Gasteiger partial charge on any atom is -0.380 e. The Bertz CT molecular complexity index is 410. The quantitative estimate of drug-likeness (QED) is 0.846. The van der Waals surface area contributed by atoms with Crippen LogP contribution in [0.3, 0.4) is 0 Å². The predicted octanol–water partition coefficient (Wildman–Crippen LogP) is 3.00. The summed E-state index contributed by atoms with van der Waals surface area (Å²) in [4.78, 5) is 0. The Kier molecular flexibility index (Phi) is 5.27. The highest BCUT2D eigenvalue weighted by Crippen LogP contribution is 2.24. The number of nitrogens with zero attached hydrogens (tertiary/aromatic N) is 1. The van der Waals surface area contributed by atoms with Crippen molar-refractivity contribution in [3.05, 3.63) is 28.8 Å². The van der Waals surface area contributed by atoms with Gasteiger partial charge in [0, 0.05) is 12.6 Å². The number of halogens is 1. The zero-order valence-corrected chi connectivity index (χ0v) is 11.0. The van der Waals surface area contributed by atoms with E-state index in [4.69, 9.17) is 22.6 Å². The van der Waals surface area contributed by atoms with E-state index in [2.05, 4.69) is 25.2 Å². The Morgan fingerprint density at radius 3 is 2.71 bits per heavy atom. The average molecular weight is 252 g/mol. The largest absolute Gasteiger partial charge is 0.380 e. The third-order valence-corrected chi connectivity index (χ3v) is 2.84. The fourth-order valence-corrected chi connectivity index (χ4v) is 1.98. The van der Waals surface area contributed by atoms with E-state index in [1.165, 1.54) is 0 Å². The maximum Gasteiger partial charge on any atom is 0.103 e. The van der Waals surface area contributed by atoms with Gasteiger partial charge in [0.15, 0.2) is 0 Å². The number of nitrogens with one attached hydrogen (secondary N) is 1. The van der Waals surface area contributed by atoms with Crippen LogP contribution in [-0.2, 0) is 0 Å². The highest BCUT2D eigenvalue weighted by atomic mass is 35.5. The molecule has 4 heteroatoms. The second-order valence-electron chi connectivity index (χ2n) is 4.48. The van der Waals surface area contributed by atoms with Gasteiger partial charge in [0.05, 0.1) is 16.3 Å². The standard InChI is InChI=1S/C13H18ClN3/c1-9(2)6-10(7-15)17-13-5-3-4-12(14)11(13)8-16/h3-5,9-10,17H,6-7,15H2,1-2H3. The Labute approximate surface area is 108 Å². The minimum atomic E-state index is 0.167. The van der Waals surface area contributed by atoms with Gasteiger partial charge in [-0.05, 0) is 24.5 Å². The second-order valence-corrected chi connectivity index (χ2v) is 4.89.